The van der Waals surface area contributed by atoms with Gasteiger partial charge in [0.25, 0.3) is 0 Å². The molecule has 2 rings (SSSR count). The summed E-state index contributed by atoms with van der Waals surface area (Å²) in [5.41, 5.74) is 1.73. The van der Waals surface area contributed by atoms with Crippen molar-refractivity contribution in [3.8, 4) is 0 Å². The number of piperidine rings is 1. The van der Waals surface area contributed by atoms with Crippen LogP contribution in [0.5, 0.6) is 0 Å². The Kier molecular flexibility index (Phi) is 7.32. The molecule has 1 aliphatic rings. The Morgan fingerprint density at radius 1 is 1.41 bits per heavy atom. The van der Waals surface area contributed by atoms with Crippen LogP contribution in [0, 0.1) is 19.3 Å². The Morgan fingerprint density at radius 2 is 2.09 bits per heavy atom. The average Bonchev–Trinajstić information content (AvgIpc) is 2.78. The van der Waals surface area contributed by atoms with Gasteiger partial charge in [-0.3, -0.25) is 4.79 Å². The Labute approximate surface area is 137 Å². The number of amides is 1. The van der Waals surface area contributed by atoms with E-state index in [1.807, 2.05) is 13.8 Å². The minimum atomic E-state index is 0. The van der Waals surface area contributed by atoms with E-state index >= 15 is 0 Å². The van der Waals surface area contributed by atoms with Crippen LogP contribution < -0.4 is 10.6 Å². The summed E-state index contributed by atoms with van der Waals surface area (Å²) >= 11 is 0. The van der Waals surface area contributed by atoms with Crippen molar-refractivity contribution in [1.82, 2.24) is 15.8 Å². The highest BCUT2D eigenvalue weighted by Crippen LogP contribution is 2.28. The number of hydrogen-bond acceptors (Lipinski definition) is 5. The van der Waals surface area contributed by atoms with Gasteiger partial charge in [0.15, 0.2) is 0 Å². The number of aryl methyl sites for hydroxylation is 2. The van der Waals surface area contributed by atoms with Crippen molar-refractivity contribution in [2.75, 3.05) is 33.4 Å². The van der Waals surface area contributed by atoms with Gasteiger partial charge in [-0.15, -0.1) is 12.4 Å². The van der Waals surface area contributed by atoms with Crippen molar-refractivity contribution >= 4 is 18.3 Å². The van der Waals surface area contributed by atoms with Crippen molar-refractivity contribution in [2.45, 2.75) is 33.1 Å². The molecular weight excluding hydrogens is 306 g/mol. The molecule has 0 saturated carbocycles. The molecule has 7 heteroatoms. The van der Waals surface area contributed by atoms with Gasteiger partial charge in [0.2, 0.25) is 5.91 Å². The maximum atomic E-state index is 12.2. The average molecular weight is 332 g/mol. The number of halogens is 1. The number of methoxy groups -OCH3 is 1. The number of carbonyl (C=O) groups is 1. The second-order valence-corrected chi connectivity index (χ2v) is 5.94. The van der Waals surface area contributed by atoms with Crippen molar-refractivity contribution < 1.29 is 14.1 Å². The highest BCUT2D eigenvalue weighted by molar-refractivity contribution is 5.85. The first-order chi connectivity index (χ1) is 10.1. The van der Waals surface area contributed by atoms with Crippen LogP contribution in [-0.2, 0) is 16.0 Å². The second kappa shape index (κ2) is 8.50. The number of ether oxygens (including phenoxy) is 1. The summed E-state index contributed by atoms with van der Waals surface area (Å²) in [6.45, 7) is 6.98. The first-order valence-electron chi connectivity index (χ1n) is 7.44. The third kappa shape index (κ3) is 4.69. The maximum absolute atomic E-state index is 12.2. The van der Waals surface area contributed by atoms with Gasteiger partial charge >= 0.3 is 0 Å². The van der Waals surface area contributed by atoms with E-state index in [1.165, 1.54) is 0 Å². The lowest BCUT2D eigenvalue weighted by Crippen LogP contribution is -2.47. The highest BCUT2D eigenvalue weighted by atomic mass is 35.5. The first kappa shape index (κ1) is 18.9. The van der Waals surface area contributed by atoms with E-state index in [4.69, 9.17) is 9.26 Å². The van der Waals surface area contributed by atoms with Crippen LogP contribution in [0.4, 0.5) is 0 Å². The summed E-state index contributed by atoms with van der Waals surface area (Å²) < 4.78 is 10.4. The van der Waals surface area contributed by atoms with E-state index in [-0.39, 0.29) is 23.7 Å². The molecule has 1 amide bonds. The lowest BCUT2D eigenvalue weighted by Gasteiger charge is -2.37. The molecule has 6 nitrogen and oxygen atoms in total. The molecule has 0 bridgehead atoms. The molecule has 0 radical (unpaired) electrons. The topological polar surface area (TPSA) is 76.4 Å². The lowest BCUT2D eigenvalue weighted by atomic mass is 9.79. The molecule has 2 heterocycles. The van der Waals surface area contributed by atoms with Gasteiger partial charge < -0.3 is 19.9 Å². The largest absolute Gasteiger partial charge is 0.384 e. The number of rotatable bonds is 6. The van der Waals surface area contributed by atoms with Gasteiger partial charge in [-0.05, 0) is 39.8 Å². The summed E-state index contributed by atoms with van der Waals surface area (Å²) in [5, 5.41) is 10.3. The van der Waals surface area contributed by atoms with Gasteiger partial charge in [-0.25, -0.2) is 0 Å². The summed E-state index contributed by atoms with van der Waals surface area (Å²) in [6.07, 6.45) is 2.36. The number of aromatic nitrogens is 1. The van der Waals surface area contributed by atoms with Crippen LogP contribution >= 0.6 is 12.4 Å². The monoisotopic (exact) mass is 331 g/mol. The van der Waals surface area contributed by atoms with Crippen molar-refractivity contribution in [2.24, 2.45) is 5.41 Å². The van der Waals surface area contributed by atoms with Crippen molar-refractivity contribution in [3.05, 3.63) is 17.0 Å². The predicted molar refractivity (Wildman–Crippen MR) is 86.4 cm³/mol. The molecule has 1 aromatic heterocycles. The van der Waals surface area contributed by atoms with Crippen LogP contribution in [0.1, 0.15) is 29.9 Å². The molecule has 0 aliphatic carbocycles. The molecule has 126 valence electrons. The van der Waals surface area contributed by atoms with E-state index < -0.39 is 0 Å². The highest BCUT2D eigenvalue weighted by Gasteiger charge is 2.32. The normalized spacial score (nSPS) is 16.9. The molecular formula is C15H26ClN3O3. The molecule has 0 aromatic carbocycles. The molecule has 0 spiro atoms. The quantitative estimate of drug-likeness (QED) is 0.823. The third-order valence-electron chi connectivity index (χ3n) is 4.29. The fraction of sp³-hybridized carbons (Fsp3) is 0.733. The van der Waals surface area contributed by atoms with E-state index in [0.29, 0.717) is 19.6 Å². The summed E-state index contributed by atoms with van der Waals surface area (Å²) in [4.78, 5) is 12.2. The van der Waals surface area contributed by atoms with Gasteiger partial charge in [-0.2, -0.15) is 0 Å². The number of nitrogens with zero attached hydrogens (tertiary/aromatic N) is 1. The molecule has 2 N–H and O–H groups in total. The zero-order valence-corrected chi connectivity index (χ0v) is 14.3. The van der Waals surface area contributed by atoms with Gasteiger partial charge in [-0.1, -0.05) is 5.16 Å². The van der Waals surface area contributed by atoms with E-state index in [2.05, 4.69) is 15.8 Å². The van der Waals surface area contributed by atoms with Crippen LogP contribution in [-0.4, -0.2) is 44.4 Å². The van der Waals surface area contributed by atoms with Gasteiger partial charge in [0.1, 0.15) is 5.76 Å². The second-order valence-electron chi connectivity index (χ2n) is 5.94. The van der Waals surface area contributed by atoms with Crippen LogP contribution in [0.3, 0.4) is 0 Å². The fourth-order valence-electron chi connectivity index (χ4n) is 2.90. The van der Waals surface area contributed by atoms with Crippen molar-refractivity contribution in [1.29, 1.82) is 0 Å². The Hall–Kier alpha value is -1.11. The van der Waals surface area contributed by atoms with Gasteiger partial charge in [0.05, 0.1) is 18.7 Å². The van der Waals surface area contributed by atoms with Crippen LogP contribution in [0.25, 0.3) is 0 Å². The Morgan fingerprint density at radius 3 is 2.64 bits per heavy atom. The number of hydrogen-bond donors (Lipinski definition) is 2. The number of carbonyl (C=O) groups excluding carboxylic acids is 1. The first-order valence-corrected chi connectivity index (χ1v) is 7.44. The zero-order chi connectivity index (χ0) is 15.3. The summed E-state index contributed by atoms with van der Waals surface area (Å²) in [5.74, 6) is 0.731. The van der Waals surface area contributed by atoms with E-state index in [1.54, 1.807) is 7.11 Å². The maximum Gasteiger partial charge on any atom is 0.224 e. The SMILES string of the molecule is COCC1(CNC(=O)Cc2c(C)noc2C)CCNCC1.Cl. The van der Waals surface area contributed by atoms with Crippen LogP contribution in [0.15, 0.2) is 4.52 Å². The molecule has 1 saturated heterocycles. The smallest absolute Gasteiger partial charge is 0.224 e. The Balaban J connectivity index is 0.00000242. The van der Waals surface area contributed by atoms with Gasteiger partial charge in [0, 0.05) is 24.6 Å². The molecule has 0 atom stereocenters. The van der Waals surface area contributed by atoms with Crippen molar-refractivity contribution in [3.63, 3.8) is 0 Å². The van der Waals surface area contributed by atoms with E-state index in [0.717, 1.165) is 42.9 Å². The molecule has 22 heavy (non-hydrogen) atoms. The molecule has 1 aromatic rings. The lowest BCUT2D eigenvalue weighted by molar-refractivity contribution is -0.121. The zero-order valence-electron chi connectivity index (χ0n) is 13.5. The number of nitrogens with one attached hydrogen (secondary N) is 2. The predicted octanol–water partition coefficient (Wildman–Crippen LogP) is 1.39. The third-order valence-corrected chi connectivity index (χ3v) is 4.29. The summed E-state index contributed by atoms with van der Waals surface area (Å²) in [6, 6.07) is 0. The van der Waals surface area contributed by atoms with Crippen LogP contribution in [0.2, 0.25) is 0 Å². The minimum Gasteiger partial charge on any atom is -0.384 e. The molecule has 1 fully saturated rings. The molecule has 0 unspecified atom stereocenters. The molecule has 1 aliphatic heterocycles. The Bertz CT molecular complexity index is 459. The minimum absolute atomic E-state index is 0. The standard InChI is InChI=1S/C15H25N3O3.ClH/c1-11-13(12(2)21-18-11)8-14(19)17-9-15(10-20-3)4-6-16-7-5-15;/h16H,4-10H2,1-3H3,(H,17,19);1H. The van der Waals surface area contributed by atoms with E-state index in [9.17, 15) is 4.79 Å². The summed E-state index contributed by atoms with van der Waals surface area (Å²) in [7, 11) is 1.72. The fourth-order valence-corrected chi connectivity index (χ4v) is 2.90.